The summed E-state index contributed by atoms with van der Waals surface area (Å²) in [6, 6.07) is 19.9. The lowest BCUT2D eigenvalue weighted by Crippen LogP contribution is -2.53. The van der Waals surface area contributed by atoms with Gasteiger partial charge in [0, 0.05) is 24.5 Å². The van der Waals surface area contributed by atoms with Crippen LogP contribution in [-0.2, 0) is 32.6 Å². The molecule has 0 bridgehead atoms. The van der Waals surface area contributed by atoms with Crippen LogP contribution < -0.4 is 9.62 Å². The van der Waals surface area contributed by atoms with Gasteiger partial charge in [0.1, 0.15) is 12.6 Å². The molecule has 0 fully saturated rings. The Kier molecular flexibility index (Phi) is 11.1. The van der Waals surface area contributed by atoms with E-state index in [4.69, 9.17) is 34.8 Å². The molecule has 1 N–H and O–H groups in total. The Balaban J connectivity index is 2.06. The highest BCUT2D eigenvalue weighted by atomic mass is 35.5. The molecule has 0 aliphatic heterocycles. The van der Waals surface area contributed by atoms with E-state index in [1.54, 1.807) is 30.3 Å². The minimum absolute atomic E-state index is 0.00293. The Morgan fingerprint density at radius 1 is 0.897 bits per heavy atom. The van der Waals surface area contributed by atoms with E-state index in [-0.39, 0.29) is 34.6 Å². The fourth-order valence-electron chi connectivity index (χ4n) is 3.99. The van der Waals surface area contributed by atoms with Crippen LogP contribution in [0.15, 0.2) is 72.8 Å². The van der Waals surface area contributed by atoms with Crippen molar-refractivity contribution in [2.75, 3.05) is 23.7 Å². The molecule has 0 spiro atoms. The number of hydrogen-bond acceptors (Lipinski definition) is 4. The first kappa shape index (κ1) is 30.8. The van der Waals surface area contributed by atoms with Gasteiger partial charge in [-0.2, -0.15) is 0 Å². The van der Waals surface area contributed by atoms with E-state index in [9.17, 15) is 18.0 Å². The van der Waals surface area contributed by atoms with E-state index in [0.717, 1.165) is 21.7 Å². The minimum atomic E-state index is -3.96. The molecule has 7 nitrogen and oxygen atoms in total. The number of nitrogens with zero attached hydrogens (tertiary/aromatic N) is 2. The molecule has 3 rings (SSSR count). The first-order chi connectivity index (χ1) is 18.5. The van der Waals surface area contributed by atoms with Crippen LogP contribution >= 0.6 is 34.8 Å². The molecule has 0 aromatic heterocycles. The third-order valence-electron chi connectivity index (χ3n) is 5.97. The molecule has 39 heavy (non-hydrogen) atoms. The summed E-state index contributed by atoms with van der Waals surface area (Å²) in [7, 11) is -3.96. The van der Waals surface area contributed by atoms with Gasteiger partial charge in [0.05, 0.1) is 22.0 Å². The maximum Gasteiger partial charge on any atom is 0.244 e. The van der Waals surface area contributed by atoms with Crippen LogP contribution in [0.25, 0.3) is 0 Å². The minimum Gasteiger partial charge on any atom is -0.354 e. The third kappa shape index (κ3) is 8.60. The van der Waals surface area contributed by atoms with Crippen molar-refractivity contribution in [3.8, 4) is 0 Å². The molecule has 208 valence electrons. The zero-order valence-electron chi connectivity index (χ0n) is 21.6. The average Bonchev–Trinajstić information content (AvgIpc) is 2.90. The molecule has 0 heterocycles. The number of sulfonamides is 1. The largest absolute Gasteiger partial charge is 0.354 e. The molecular weight excluding hydrogens is 581 g/mol. The van der Waals surface area contributed by atoms with Crippen LogP contribution in [0, 0.1) is 0 Å². The second-order valence-electron chi connectivity index (χ2n) is 8.99. The summed E-state index contributed by atoms with van der Waals surface area (Å²) in [5.41, 5.74) is 1.64. The average molecular weight is 611 g/mol. The quantitative estimate of drug-likeness (QED) is 0.290. The van der Waals surface area contributed by atoms with Crippen LogP contribution in [0.1, 0.15) is 24.5 Å². The smallest absolute Gasteiger partial charge is 0.244 e. The predicted molar refractivity (Wildman–Crippen MR) is 158 cm³/mol. The Bertz CT molecular complexity index is 1390. The number of halogens is 3. The second kappa shape index (κ2) is 14.0. The molecule has 0 aliphatic rings. The number of carbonyl (C=O) groups is 2. The van der Waals surface area contributed by atoms with Gasteiger partial charge >= 0.3 is 0 Å². The summed E-state index contributed by atoms with van der Waals surface area (Å²) in [5, 5.41) is 3.57. The van der Waals surface area contributed by atoms with Gasteiger partial charge in [0.2, 0.25) is 21.8 Å². The SMILES string of the molecule is CCCNC(=O)[C@H](Cc1ccccc1)N(Cc1ccc(Cl)cc1)C(=O)CN(c1cccc(Cl)c1Cl)S(C)(=O)=O. The van der Waals surface area contributed by atoms with Crippen molar-refractivity contribution in [2.24, 2.45) is 0 Å². The van der Waals surface area contributed by atoms with Gasteiger partial charge in [0.15, 0.2) is 0 Å². The molecular formula is C28H30Cl3N3O4S. The number of hydrogen-bond donors (Lipinski definition) is 1. The molecule has 3 aromatic rings. The molecule has 3 aromatic carbocycles. The van der Waals surface area contributed by atoms with E-state index >= 15 is 0 Å². The van der Waals surface area contributed by atoms with E-state index in [0.29, 0.717) is 18.0 Å². The van der Waals surface area contributed by atoms with E-state index in [2.05, 4.69) is 5.32 Å². The molecule has 0 unspecified atom stereocenters. The van der Waals surface area contributed by atoms with Crippen LogP contribution in [0.2, 0.25) is 15.1 Å². The van der Waals surface area contributed by atoms with Crippen molar-refractivity contribution in [1.82, 2.24) is 10.2 Å². The van der Waals surface area contributed by atoms with Crippen LogP contribution in [-0.4, -0.2) is 50.5 Å². The highest BCUT2D eigenvalue weighted by Crippen LogP contribution is 2.34. The lowest BCUT2D eigenvalue weighted by molar-refractivity contribution is -0.140. The molecule has 1 atom stereocenters. The monoisotopic (exact) mass is 609 g/mol. The van der Waals surface area contributed by atoms with Gasteiger partial charge in [-0.05, 0) is 41.8 Å². The summed E-state index contributed by atoms with van der Waals surface area (Å²) < 4.78 is 26.6. The fourth-order valence-corrected chi connectivity index (χ4v) is 5.41. The van der Waals surface area contributed by atoms with Crippen LogP contribution in [0.5, 0.6) is 0 Å². The number of rotatable bonds is 12. The summed E-state index contributed by atoms with van der Waals surface area (Å²) in [6.07, 6.45) is 1.92. The zero-order chi connectivity index (χ0) is 28.6. The van der Waals surface area contributed by atoms with Crippen molar-refractivity contribution in [3.05, 3.63) is 99.0 Å². The molecule has 0 saturated heterocycles. The molecule has 0 aliphatic carbocycles. The summed E-state index contributed by atoms with van der Waals surface area (Å²) in [6.45, 7) is 1.83. The Labute approximate surface area is 244 Å². The van der Waals surface area contributed by atoms with E-state index < -0.39 is 28.5 Å². The first-order valence-electron chi connectivity index (χ1n) is 12.3. The topological polar surface area (TPSA) is 86.8 Å². The van der Waals surface area contributed by atoms with Crippen molar-refractivity contribution < 1.29 is 18.0 Å². The predicted octanol–water partition coefficient (Wildman–Crippen LogP) is 5.58. The highest BCUT2D eigenvalue weighted by Gasteiger charge is 2.33. The first-order valence-corrected chi connectivity index (χ1v) is 15.3. The molecule has 2 amide bonds. The summed E-state index contributed by atoms with van der Waals surface area (Å²) >= 11 is 18.5. The van der Waals surface area contributed by atoms with Gasteiger partial charge in [-0.15, -0.1) is 0 Å². The Hall–Kier alpha value is -2.78. The van der Waals surface area contributed by atoms with Crippen molar-refractivity contribution in [2.45, 2.75) is 32.4 Å². The van der Waals surface area contributed by atoms with Crippen molar-refractivity contribution in [1.29, 1.82) is 0 Å². The van der Waals surface area contributed by atoms with Gasteiger partial charge in [0.25, 0.3) is 0 Å². The lowest BCUT2D eigenvalue weighted by atomic mass is 10.0. The van der Waals surface area contributed by atoms with Crippen molar-refractivity contribution in [3.63, 3.8) is 0 Å². The number of benzene rings is 3. The lowest BCUT2D eigenvalue weighted by Gasteiger charge is -2.33. The van der Waals surface area contributed by atoms with Gasteiger partial charge in [-0.25, -0.2) is 8.42 Å². The second-order valence-corrected chi connectivity index (χ2v) is 12.1. The van der Waals surface area contributed by atoms with E-state index in [1.807, 2.05) is 37.3 Å². The zero-order valence-corrected chi connectivity index (χ0v) is 24.7. The van der Waals surface area contributed by atoms with Crippen molar-refractivity contribution >= 4 is 62.3 Å². The molecule has 0 saturated carbocycles. The Morgan fingerprint density at radius 2 is 1.56 bits per heavy atom. The Morgan fingerprint density at radius 3 is 2.18 bits per heavy atom. The molecule has 11 heteroatoms. The third-order valence-corrected chi connectivity index (χ3v) is 8.15. The number of anilines is 1. The van der Waals surface area contributed by atoms with Crippen LogP contribution in [0.4, 0.5) is 5.69 Å². The summed E-state index contributed by atoms with van der Waals surface area (Å²) in [4.78, 5) is 28.8. The number of nitrogens with one attached hydrogen (secondary N) is 1. The number of amides is 2. The van der Waals surface area contributed by atoms with E-state index in [1.165, 1.54) is 17.0 Å². The van der Waals surface area contributed by atoms with Gasteiger partial charge in [-0.1, -0.05) is 90.3 Å². The maximum absolute atomic E-state index is 14.0. The van der Waals surface area contributed by atoms with Gasteiger partial charge in [-0.3, -0.25) is 13.9 Å². The fraction of sp³-hybridized carbons (Fsp3) is 0.286. The summed E-state index contributed by atoms with van der Waals surface area (Å²) in [5.74, 6) is -0.922. The molecule has 0 radical (unpaired) electrons. The normalized spacial score (nSPS) is 12.0. The van der Waals surface area contributed by atoms with Crippen LogP contribution in [0.3, 0.4) is 0 Å². The van der Waals surface area contributed by atoms with Gasteiger partial charge < -0.3 is 10.2 Å². The maximum atomic E-state index is 14.0. The number of carbonyl (C=O) groups excluding carboxylic acids is 2. The highest BCUT2D eigenvalue weighted by molar-refractivity contribution is 7.92. The standard InChI is InChI=1S/C28H30Cl3N3O4S/c1-3-16-32-28(36)25(17-20-8-5-4-6-9-20)33(18-21-12-14-22(29)15-13-21)26(35)19-34(39(2,37)38)24-11-7-10-23(30)27(24)31/h4-15,25H,3,16-19H2,1-2H3,(H,32,36)/t25-/m0/s1.